The molecule has 3 rings (SSSR count). The number of anilines is 2. The van der Waals surface area contributed by atoms with Gasteiger partial charge in [-0.05, 0) is 31.2 Å². The van der Waals surface area contributed by atoms with E-state index in [0.29, 0.717) is 4.90 Å². The predicted molar refractivity (Wildman–Crippen MR) is 96.8 cm³/mol. The van der Waals surface area contributed by atoms with Gasteiger partial charge in [-0.15, -0.1) is 0 Å². The second-order valence-corrected chi connectivity index (χ2v) is 6.76. The zero-order valence-electron chi connectivity index (χ0n) is 14.2. The van der Waals surface area contributed by atoms with Crippen LogP contribution in [0.4, 0.5) is 24.8 Å². The number of hydrogen-bond donors (Lipinski definition) is 0. The second kappa shape index (κ2) is 7.37. The molecule has 134 valence electrons. The Morgan fingerprint density at radius 3 is 2.23 bits per heavy atom. The molecule has 7 heteroatoms. The maximum Gasteiger partial charge on any atom is 0.420 e. The fourth-order valence-electron chi connectivity index (χ4n) is 2.28. The summed E-state index contributed by atoms with van der Waals surface area (Å²) in [7, 11) is 1.73. The van der Waals surface area contributed by atoms with Gasteiger partial charge < -0.3 is 4.90 Å². The summed E-state index contributed by atoms with van der Waals surface area (Å²) in [5.74, 6) is 0.209. The Bertz CT molecular complexity index is 881. The predicted octanol–water partition coefficient (Wildman–Crippen LogP) is 5.72. The van der Waals surface area contributed by atoms with E-state index in [2.05, 4.69) is 9.97 Å². The van der Waals surface area contributed by atoms with E-state index in [-0.39, 0.29) is 11.0 Å². The first-order valence-corrected chi connectivity index (χ1v) is 8.64. The zero-order chi connectivity index (χ0) is 18.7. The van der Waals surface area contributed by atoms with E-state index in [1.165, 1.54) is 0 Å². The van der Waals surface area contributed by atoms with Gasteiger partial charge >= 0.3 is 6.18 Å². The van der Waals surface area contributed by atoms with Crippen molar-refractivity contribution in [1.82, 2.24) is 9.97 Å². The van der Waals surface area contributed by atoms with Crippen molar-refractivity contribution >= 4 is 23.4 Å². The number of hydrogen-bond acceptors (Lipinski definition) is 4. The van der Waals surface area contributed by atoms with Crippen LogP contribution in [0.1, 0.15) is 11.1 Å². The SMILES string of the molecule is Cc1ccc(N(C)c2ncc(C(F)(F)F)c(Sc3ccccc3)n2)cc1. The van der Waals surface area contributed by atoms with Gasteiger partial charge in [0.2, 0.25) is 5.95 Å². The molecule has 0 fully saturated rings. The molecule has 0 amide bonds. The standard InChI is InChI=1S/C19H16F3N3S/c1-13-8-10-14(11-9-13)25(2)18-23-12-16(19(20,21)22)17(24-18)26-15-6-4-3-5-7-15/h3-12H,1-2H3. The van der Waals surface area contributed by atoms with Crippen molar-refractivity contribution in [2.24, 2.45) is 0 Å². The molecule has 0 aliphatic carbocycles. The van der Waals surface area contributed by atoms with Crippen molar-refractivity contribution in [3.8, 4) is 0 Å². The minimum absolute atomic E-state index is 0.118. The molecule has 0 unspecified atom stereocenters. The van der Waals surface area contributed by atoms with Gasteiger partial charge in [-0.25, -0.2) is 9.97 Å². The maximum absolute atomic E-state index is 13.3. The van der Waals surface area contributed by atoms with Crippen molar-refractivity contribution in [2.75, 3.05) is 11.9 Å². The van der Waals surface area contributed by atoms with Gasteiger partial charge in [0.15, 0.2) is 0 Å². The first-order chi connectivity index (χ1) is 12.3. The Morgan fingerprint density at radius 2 is 1.62 bits per heavy atom. The molecular weight excluding hydrogens is 359 g/mol. The number of alkyl halides is 3. The lowest BCUT2D eigenvalue weighted by Crippen LogP contribution is -2.16. The van der Waals surface area contributed by atoms with E-state index < -0.39 is 11.7 Å². The van der Waals surface area contributed by atoms with Crippen molar-refractivity contribution < 1.29 is 13.2 Å². The van der Waals surface area contributed by atoms with Crippen LogP contribution < -0.4 is 4.90 Å². The van der Waals surface area contributed by atoms with Crippen LogP contribution in [0, 0.1) is 6.92 Å². The number of aromatic nitrogens is 2. The van der Waals surface area contributed by atoms with Gasteiger partial charge in [0.05, 0.1) is 0 Å². The summed E-state index contributed by atoms with van der Waals surface area (Å²) < 4.78 is 40.0. The molecular formula is C19H16F3N3S. The summed E-state index contributed by atoms with van der Waals surface area (Å²) in [6.07, 6.45) is -3.67. The summed E-state index contributed by atoms with van der Waals surface area (Å²) in [5.41, 5.74) is 1.05. The lowest BCUT2D eigenvalue weighted by atomic mass is 10.2. The molecule has 0 saturated heterocycles. The smallest absolute Gasteiger partial charge is 0.314 e. The summed E-state index contributed by atoms with van der Waals surface area (Å²) in [4.78, 5) is 10.5. The molecule has 3 nitrogen and oxygen atoms in total. The zero-order valence-corrected chi connectivity index (χ0v) is 15.0. The Balaban J connectivity index is 2.00. The summed E-state index contributed by atoms with van der Waals surface area (Å²) >= 11 is 0.973. The molecule has 0 spiro atoms. The van der Waals surface area contributed by atoms with Crippen LogP contribution in [0.5, 0.6) is 0 Å². The fourth-order valence-corrected chi connectivity index (χ4v) is 3.20. The van der Waals surface area contributed by atoms with Crippen molar-refractivity contribution in [3.63, 3.8) is 0 Å². The molecule has 0 aliphatic rings. The first-order valence-electron chi connectivity index (χ1n) is 7.82. The van der Waals surface area contributed by atoms with Crippen molar-refractivity contribution in [1.29, 1.82) is 0 Å². The molecule has 0 bridgehead atoms. The van der Waals surface area contributed by atoms with Crippen LogP contribution in [-0.4, -0.2) is 17.0 Å². The highest BCUT2D eigenvalue weighted by molar-refractivity contribution is 7.99. The minimum Gasteiger partial charge on any atom is -0.314 e. The number of nitrogens with zero attached hydrogens (tertiary/aromatic N) is 3. The number of aryl methyl sites for hydroxylation is 1. The van der Waals surface area contributed by atoms with E-state index in [1.807, 2.05) is 37.3 Å². The van der Waals surface area contributed by atoms with E-state index in [0.717, 1.165) is 29.2 Å². The molecule has 2 aromatic carbocycles. The average molecular weight is 375 g/mol. The molecule has 1 heterocycles. The van der Waals surface area contributed by atoms with Crippen LogP contribution in [0.15, 0.2) is 70.7 Å². The monoisotopic (exact) mass is 375 g/mol. The molecule has 3 aromatic rings. The van der Waals surface area contributed by atoms with E-state index in [4.69, 9.17) is 0 Å². The van der Waals surface area contributed by atoms with Crippen LogP contribution in [-0.2, 0) is 6.18 Å². The molecule has 0 atom stereocenters. The van der Waals surface area contributed by atoms with Crippen LogP contribution in [0.3, 0.4) is 0 Å². The fraction of sp³-hybridized carbons (Fsp3) is 0.158. The summed E-state index contributed by atoms with van der Waals surface area (Å²) in [5, 5.41) is -0.118. The number of rotatable bonds is 4. The lowest BCUT2D eigenvalue weighted by molar-refractivity contribution is -0.140. The Morgan fingerprint density at radius 1 is 0.962 bits per heavy atom. The summed E-state index contributed by atoms with van der Waals surface area (Å²) in [6, 6.07) is 16.5. The van der Waals surface area contributed by atoms with E-state index in [9.17, 15) is 13.2 Å². The minimum atomic E-state index is -4.52. The lowest BCUT2D eigenvalue weighted by Gasteiger charge is -2.19. The first kappa shape index (κ1) is 18.3. The van der Waals surface area contributed by atoms with Gasteiger partial charge in [0.25, 0.3) is 0 Å². The van der Waals surface area contributed by atoms with E-state index in [1.54, 1.807) is 36.2 Å². The average Bonchev–Trinajstić information content (AvgIpc) is 2.61. The van der Waals surface area contributed by atoms with Crippen LogP contribution in [0.2, 0.25) is 0 Å². The molecule has 0 N–H and O–H groups in total. The van der Waals surface area contributed by atoms with Crippen LogP contribution in [0.25, 0.3) is 0 Å². The Kier molecular flexibility index (Phi) is 5.18. The molecule has 0 aliphatic heterocycles. The van der Waals surface area contributed by atoms with E-state index >= 15 is 0 Å². The van der Waals surface area contributed by atoms with Gasteiger partial charge in [0.1, 0.15) is 10.6 Å². The van der Waals surface area contributed by atoms with Gasteiger partial charge in [0, 0.05) is 23.8 Å². The molecule has 1 aromatic heterocycles. The third kappa shape index (κ3) is 4.16. The molecule has 0 saturated carbocycles. The number of halogens is 3. The van der Waals surface area contributed by atoms with Crippen LogP contribution >= 0.6 is 11.8 Å². The largest absolute Gasteiger partial charge is 0.420 e. The quantitative estimate of drug-likeness (QED) is 0.545. The highest BCUT2D eigenvalue weighted by Gasteiger charge is 2.35. The normalized spacial score (nSPS) is 11.4. The topological polar surface area (TPSA) is 29.0 Å². The molecule has 26 heavy (non-hydrogen) atoms. The third-order valence-corrected chi connectivity index (χ3v) is 4.74. The van der Waals surface area contributed by atoms with Crippen molar-refractivity contribution in [3.05, 3.63) is 71.9 Å². The molecule has 0 radical (unpaired) electrons. The number of benzene rings is 2. The maximum atomic E-state index is 13.3. The van der Waals surface area contributed by atoms with Gasteiger partial charge in [-0.2, -0.15) is 13.2 Å². The second-order valence-electron chi connectivity index (χ2n) is 5.70. The third-order valence-electron chi connectivity index (χ3n) is 3.73. The van der Waals surface area contributed by atoms with Gasteiger partial charge in [-0.1, -0.05) is 47.7 Å². The summed E-state index contributed by atoms with van der Waals surface area (Å²) in [6.45, 7) is 1.97. The Labute approximate surface area is 153 Å². The van der Waals surface area contributed by atoms with Crippen molar-refractivity contribution in [2.45, 2.75) is 23.0 Å². The Hall–Kier alpha value is -2.54. The highest BCUT2D eigenvalue weighted by Crippen LogP contribution is 2.39. The van der Waals surface area contributed by atoms with Gasteiger partial charge in [-0.3, -0.25) is 0 Å². The highest BCUT2D eigenvalue weighted by atomic mass is 32.2.